The molecule has 0 radical (unpaired) electrons. The topological polar surface area (TPSA) is 85.5 Å². The molecule has 3 aromatic rings. The van der Waals surface area contributed by atoms with Crippen LogP contribution >= 0.6 is 11.3 Å². The van der Waals surface area contributed by atoms with Gasteiger partial charge in [0.2, 0.25) is 5.91 Å². The lowest BCUT2D eigenvalue weighted by atomic mass is 10.1. The van der Waals surface area contributed by atoms with Gasteiger partial charge in [0.1, 0.15) is 17.9 Å². The molecule has 0 aliphatic carbocycles. The van der Waals surface area contributed by atoms with Crippen molar-refractivity contribution in [3.63, 3.8) is 0 Å². The van der Waals surface area contributed by atoms with E-state index < -0.39 is 5.97 Å². The van der Waals surface area contributed by atoms with Gasteiger partial charge in [-0.15, -0.1) is 11.3 Å². The van der Waals surface area contributed by atoms with Crippen molar-refractivity contribution in [2.75, 3.05) is 4.90 Å². The van der Waals surface area contributed by atoms with E-state index in [1.54, 1.807) is 12.3 Å². The van der Waals surface area contributed by atoms with E-state index in [-0.39, 0.29) is 12.5 Å². The zero-order chi connectivity index (χ0) is 19.4. The highest BCUT2D eigenvalue weighted by Gasteiger charge is 2.22. The molecular weight excluding hydrogens is 366 g/mol. The summed E-state index contributed by atoms with van der Waals surface area (Å²) in [5.41, 5.74) is 2.24. The minimum absolute atomic E-state index is 0.00361. The fraction of sp³-hybridized carbons (Fsp3) is 0.263. The van der Waals surface area contributed by atoms with Gasteiger partial charge >= 0.3 is 5.97 Å². The number of para-hydroxylation sites is 1. The summed E-state index contributed by atoms with van der Waals surface area (Å²) in [5, 5.41) is 6.15. The third-order valence-corrected chi connectivity index (χ3v) is 4.76. The molecule has 0 fully saturated rings. The number of benzene rings is 1. The molecule has 0 atom stereocenters. The molecule has 3 rings (SSSR count). The predicted molar refractivity (Wildman–Crippen MR) is 101 cm³/mol. The summed E-state index contributed by atoms with van der Waals surface area (Å²) in [6.07, 6.45) is 0.577. The van der Waals surface area contributed by atoms with Crippen LogP contribution in [0.2, 0.25) is 0 Å². The van der Waals surface area contributed by atoms with E-state index in [0.29, 0.717) is 34.3 Å². The van der Waals surface area contributed by atoms with Crippen LogP contribution in [0.15, 0.2) is 40.2 Å². The monoisotopic (exact) mass is 385 g/mol. The summed E-state index contributed by atoms with van der Waals surface area (Å²) in [5.74, 6) is -0.207. The number of rotatable bonds is 6. The Kier molecular flexibility index (Phi) is 5.66. The molecule has 2 aromatic heterocycles. The zero-order valence-corrected chi connectivity index (χ0v) is 16.1. The number of hydrogen-bond donors (Lipinski definition) is 0. The van der Waals surface area contributed by atoms with Crippen LogP contribution in [0, 0.1) is 6.92 Å². The van der Waals surface area contributed by atoms with Gasteiger partial charge in [-0.3, -0.25) is 9.69 Å². The average Bonchev–Trinajstić information content (AvgIpc) is 3.27. The lowest BCUT2D eigenvalue weighted by molar-refractivity contribution is -0.115. The van der Waals surface area contributed by atoms with Gasteiger partial charge in [-0.05, 0) is 25.5 Å². The van der Waals surface area contributed by atoms with Crippen LogP contribution in [0.1, 0.15) is 41.4 Å². The third kappa shape index (κ3) is 4.06. The SMILES string of the molecule is CCc1noc(C)c1C(=O)OCc1csc(N(C(C)=O)c2ccccc2)n1. The van der Waals surface area contributed by atoms with E-state index in [9.17, 15) is 9.59 Å². The molecule has 140 valence electrons. The standard InChI is InChI=1S/C19H19N3O4S/c1-4-16-17(12(2)26-21-16)18(24)25-10-14-11-27-19(20-14)22(13(3)23)15-8-6-5-7-9-15/h5-9,11H,4,10H2,1-3H3. The van der Waals surface area contributed by atoms with Gasteiger partial charge in [0.05, 0.1) is 17.1 Å². The molecule has 0 saturated carbocycles. The molecule has 1 amide bonds. The van der Waals surface area contributed by atoms with Crippen LogP contribution < -0.4 is 4.90 Å². The Morgan fingerprint density at radius 3 is 2.67 bits per heavy atom. The molecule has 2 heterocycles. The molecule has 0 N–H and O–H groups in total. The van der Waals surface area contributed by atoms with Crippen molar-refractivity contribution < 1.29 is 18.8 Å². The van der Waals surface area contributed by atoms with Crippen LogP contribution in [0.4, 0.5) is 10.8 Å². The number of ether oxygens (including phenoxy) is 1. The summed E-state index contributed by atoms with van der Waals surface area (Å²) < 4.78 is 10.4. The zero-order valence-electron chi connectivity index (χ0n) is 15.3. The normalized spacial score (nSPS) is 10.6. The highest BCUT2D eigenvalue weighted by Crippen LogP contribution is 2.29. The van der Waals surface area contributed by atoms with Gasteiger partial charge < -0.3 is 9.26 Å². The minimum Gasteiger partial charge on any atom is -0.455 e. The Hall–Kier alpha value is -3.00. The molecule has 0 aliphatic rings. The van der Waals surface area contributed by atoms with Crippen molar-refractivity contribution in [1.82, 2.24) is 10.1 Å². The first-order chi connectivity index (χ1) is 13.0. The Morgan fingerprint density at radius 1 is 1.26 bits per heavy atom. The predicted octanol–water partition coefficient (Wildman–Crippen LogP) is 4.04. The minimum atomic E-state index is -0.494. The number of carbonyl (C=O) groups is 2. The van der Waals surface area contributed by atoms with E-state index >= 15 is 0 Å². The van der Waals surface area contributed by atoms with Crippen molar-refractivity contribution in [2.45, 2.75) is 33.8 Å². The number of nitrogens with zero attached hydrogens (tertiary/aromatic N) is 3. The number of esters is 1. The Labute approximate surface area is 160 Å². The average molecular weight is 385 g/mol. The fourth-order valence-corrected chi connectivity index (χ4v) is 3.47. The summed E-state index contributed by atoms with van der Waals surface area (Å²) in [6.45, 7) is 5.05. The van der Waals surface area contributed by atoms with Crippen molar-refractivity contribution in [2.24, 2.45) is 0 Å². The summed E-state index contributed by atoms with van der Waals surface area (Å²) in [7, 11) is 0. The molecule has 0 unspecified atom stereocenters. The largest absolute Gasteiger partial charge is 0.455 e. The summed E-state index contributed by atoms with van der Waals surface area (Å²) in [4.78, 5) is 30.4. The Morgan fingerprint density at radius 2 is 2.00 bits per heavy atom. The molecule has 8 heteroatoms. The smallest absolute Gasteiger partial charge is 0.344 e. The van der Waals surface area contributed by atoms with Crippen LogP contribution in [0.25, 0.3) is 0 Å². The molecular formula is C19H19N3O4S. The van der Waals surface area contributed by atoms with Gasteiger partial charge in [0, 0.05) is 12.3 Å². The molecule has 0 bridgehead atoms. The number of anilines is 2. The molecule has 0 aliphatic heterocycles. The second-order valence-corrected chi connectivity index (χ2v) is 6.64. The molecule has 1 aromatic carbocycles. The second-order valence-electron chi connectivity index (χ2n) is 5.80. The maximum Gasteiger partial charge on any atom is 0.344 e. The maximum atomic E-state index is 12.3. The molecule has 27 heavy (non-hydrogen) atoms. The summed E-state index contributed by atoms with van der Waals surface area (Å²) in [6, 6.07) is 9.26. The Balaban J connectivity index is 1.73. The van der Waals surface area contributed by atoms with Crippen LogP contribution in [0.3, 0.4) is 0 Å². The van der Waals surface area contributed by atoms with Gasteiger partial charge in [-0.2, -0.15) is 0 Å². The van der Waals surface area contributed by atoms with Crippen LogP contribution in [-0.2, 0) is 22.6 Å². The van der Waals surface area contributed by atoms with E-state index in [2.05, 4.69) is 10.1 Å². The number of aryl methyl sites for hydroxylation is 2. The van der Waals surface area contributed by atoms with Crippen molar-refractivity contribution >= 4 is 34.0 Å². The fourth-order valence-electron chi connectivity index (χ4n) is 2.60. The number of hydrogen-bond acceptors (Lipinski definition) is 7. The van der Waals surface area contributed by atoms with Crippen LogP contribution in [0.5, 0.6) is 0 Å². The van der Waals surface area contributed by atoms with Crippen LogP contribution in [-0.4, -0.2) is 22.0 Å². The van der Waals surface area contributed by atoms with E-state index in [0.717, 1.165) is 5.69 Å². The lowest BCUT2D eigenvalue weighted by Gasteiger charge is -2.17. The van der Waals surface area contributed by atoms with Crippen molar-refractivity contribution in [3.8, 4) is 0 Å². The highest BCUT2D eigenvalue weighted by atomic mass is 32.1. The maximum absolute atomic E-state index is 12.3. The van der Waals surface area contributed by atoms with Gasteiger partial charge in [-0.25, -0.2) is 9.78 Å². The second kappa shape index (κ2) is 8.13. The first-order valence-corrected chi connectivity index (χ1v) is 9.31. The number of amides is 1. The van der Waals surface area contributed by atoms with Gasteiger partial charge in [0.15, 0.2) is 5.13 Å². The molecule has 0 saturated heterocycles. The number of thiazole rings is 1. The number of aromatic nitrogens is 2. The van der Waals surface area contributed by atoms with Crippen molar-refractivity contribution in [1.29, 1.82) is 0 Å². The molecule has 7 nitrogen and oxygen atoms in total. The lowest BCUT2D eigenvalue weighted by Crippen LogP contribution is -2.22. The van der Waals surface area contributed by atoms with Crippen molar-refractivity contribution in [3.05, 3.63) is 58.4 Å². The summed E-state index contributed by atoms with van der Waals surface area (Å²) >= 11 is 1.31. The van der Waals surface area contributed by atoms with E-state index in [1.165, 1.54) is 23.2 Å². The Bertz CT molecular complexity index is 949. The highest BCUT2D eigenvalue weighted by molar-refractivity contribution is 7.14. The third-order valence-electron chi connectivity index (χ3n) is 3.88. The first-order valence-electron chi connectivity index (χ1n) is 8.43. The molecule has 0 spiro atoms. The first kappa shape index (κ1) is 18.8. The van der Waals surface area contributed by atoms with Gasteiger partial charge in [0.25, 0.3) is 0 Å². The van der Waals surface area contributed by atoms with E-state index in [4.69, 9.17) is 9.26 Å². The number of carbonyl (C=O) groups excluding carboxylic acids is 2. The van der Waals surface area contributed by atoms with Gasteiger partial charge in [-0.1, -0.05) is 30.3 Å². The van der Waals surface area contributed by atoms with E-state index in [1.807, 2.05) is 37.3 Å². The quantitative estimate of drug-likeness (QED) is 0.595.